The van der Waals surface area contributed by atoms with Crippen LogP contribution in [0.4, 0.5) is 0 Å². The second kappa shape index (κ2) is 5.23. The lowest BCUT2D eigenvalue weighted by Crippen LogP contribution is -2.24. The van der Waals surface area contributed by atoms with E-state index in [-0.39, 0.29) is 12.0 Å². The van der Waals surface area contributed by atoms with Gasteiger partial charge in [-0.25, -0.2) is 0 Å². The summed E-state index contributed by atoms with van der Waals surface area (Å²) < 4.78 is 5.01. The highest BCUT2D eigenvalue weighted by molar-refractivity contribution is 5.75. The molecule has 0 bridgehead atoms. The van der Waals surface area contributed by atoms with E-state index in [1.54, 1.807) is 14.2 Å². The van der Waals surface area contributed by atoms with Crippen molar-refractivity contribution in [3.8, 4) is 0 Å². The van der Waals surface area contributed by atoms with Gasteiger partial charge in [-0.1, -0.05) is 6.92 Å². The van der Waals surface area contributed by atoms with Gasteiger partial charge in [-0.3, -0.25) is 4.79 Å². The van der Waals surface area contributed by atoms with Crippen LogP contribution in [0.2, 0.25) is 0 Å². The molecule has 0 spiro atoms. The van der Waals surface area contributed by atoms with Crippen molar-refractivity contribution in [1.29, 1.82) is 0 Å². The van der Waals surface area contributed by atoms with Gasteiger partial charge in [0.2, 0.25) is 5.91 Å². The maximum atomic E-state index is 10.7. The van der Waals surface area contributed by atoms with Gasteiger partial charge in [0.1, 0.15) is 0 Å². The summed E-state index contributed by atoms with van der Waals surface area (Å²) in [4.78, 5) is 10.7. The van der Waals surface area contributed by atoms with E-state index in [9.17, 15) is 4.79 Å². The van der Waals surface area contributed by atoms with Crippen LogP contribution in [0.1, 0.15) is 19.8 Å². The first-order chi connectivity index (χ1) is 4.74. The molecular formula is C7H15NO2. The van der Waals surface area contributed by atoms with E-state index in [1.807, 2.05) is 6.92 Å². The molecule has 0 radical (unpaired) electrons. The zero-order valence-corrected chi connectivity index (χ0v) is 6.81. The Hall–Kier alpha value is -0.570. The van der Waals surface area contributed by atoms with Crippen molar-refractivity contribution in [2.45, 2.75) is 25.9 Å². The minimum atomic E-state index is 0.0358. The maximum Gasteiger partial charge on any atom is 0.222 e. The molecule has 3 heteroatoms. The first-order valence-electron chi connectivity index (χ1n) is 3.48. The van der Waals surface area contributed by atoms with E-state index in [2.05, 4.69) is 5.32 Å². The average molecular weight is 145 g/mol. The van der Waals surface area contributed by atoms with Gasteiger partial charge in [0.05, 0.1) is 12.5 Å². The first kappa shape index (κ1) is 9.43. The lowest BCUT2D eigenvalue weighted by Gasteiger charge is -2.10. The fraction of sp³-hybridized carbons (Fsp3) is 0.857. The van der Waals surface area contributed by atoms with Crippen molar-refractivity contribution in [1.82, 2.24) is 5.32 Å². The zero-order chi connectivity index (χ0) is 7.98. The Kier molecular flexibility index (Phi) is 4.94. The Morgan fingerprint density at radius 1 is 1.70 bits per heavy atom. The van der Waals surface area contributed by atoms with Gasteiger partial charge in [-0.15, -0.1) is 0 Å². The molecule has 0 aliphatic heterocycles. The molecule has 0 saturated carbocycles. The highest BCUT2D eigenvalue weighted by Crippen LogP contribution is 2.00. The summed E-state index contributed by atoms with van der Waals surface area (Å²) in [6.07, 6.45) is 1.41. The van der Waals surface area contributed by atoms with E-state index in [4.69, 9.17) is 4.74 Å². The van der Waals surface area contributed by atoms with Gasteiger partial charge in [-0.05, 0) is 6.42 Å². The van der Waals surface area contributed by atoms with Crippen LogP contribution >= 0.6 is 0 Å². The summed E-state index contributed by atoms with van der Waals surface area (Å²) in [5.41, 5.74) is 0. The van der Waals surface area contributed by atoms with Crippen LogP contribution in [0, 0.1) is 0 Å². The Bertz CT molecular complexity index is 99.8. The molecule has 0 saturated heterocycles. The average Bonchev–Trinajstić information content (AvgIpc) is 1.99. The summed E-state index contributed by atoms with van der Waals surface area (Å²) in [6.45, 7) is 2.00. The number of hydrogen-bond acceptors (Lipinski definition) is 2. The number of carbonyl (C=O) groups is 1. The number of nitrogens with one attached hydrogen (secondary N) is 1. The predicted octanol–water partition coefficient (Wildman–Crippen LogP) is 0.547. The predicted molar refractivity (Wildman–Crippen MR) is 39.8 cm³/mol. The van der Waals surface area contributed by atoms with Gasteiger partial charge in [0, 0.05) is 14.2 Å². The standard InChI is InChI=1S/C7H15NO2/c1-4-6(10-3)5-7(9)8-2/h6H,4-5H2,1-3H3,(H,8,9). The fourth-order valence-electron chi connectivity index (χ4n) is 0.703. The van der Waals surface area contributed by atoms with Crippen molar-refractivity contribution in [2.75, 3.05) is 14.2 Å². The number of hydrogen-bond donors (Lipinski definition) is 1. The molecule has 0 aliphatic rings. The van der Waals surface area contributed by atoms with E-state index in [0.717, 1.165) is 6.42 Å². The molecule has 0 heterocycles. The minimum Gasteiger partial charge on any atom is -0.381 e. The molecule has 1 amide bonds. The van der Waals surface area contributed by atoms with Gasteiger partial charge in [0.25, 0.3) is 0 Å². The normalized spacial score (nSPS) is 12.7. The van der Waals surface area contributed by atoms with Crippen LogP contribution in [0.25, 0.3) is 0 Å². The molecule has 0 rings (SSSR count). The second-order valence-electron chi connectivity index (χ2n) is 2.14. The Morgan fingerprint density at radius 2 is 2.30 bits per heavy atom. The summed E-state index contributed by atoms with van der Waals surface area (Å²) in [7, 11) is 3.25. The number of ether oxygens (including phenoxy) is 1. The lowest BCUT2D eigenvalue weighted by atomic mass is 10.2. The zero-order valence-electron chi connectivity index (χ0n) is 6.81. The quantitative estimate of drug-likeness (QED) is 0.627. The van der Waals surface area contributed by atoms with E-state index in [1.165, 1.54) is 0 Å². The Balaban J connectivity index is 3.52. The maximum absolute atomic E-state index is 10.7. The SMILES string of the molecule is CCC(CC(=O)NC)OC. The number of methoxy groups -OCH3 is 1. The van der Waals surface area contributed by atoms with Crippen LogP contribution in [0.3, 0.4) is 0 Å². The molecule has 60 valence electrons. The molecular weight excluding hydrogens is 130 g/mol. The second-order valence-corrected chi connectivity index (χ2v) is 2.14. The molecule has 0 aromatic carbocycles. The summed E-state index contributed by atoms with van der Waals surface area (Å²) in [5.74, 6) is 0.0358. The van der Waals surface area contributed by atoms with Crippen LogP contribution < -0.4 is 5.32 Å². The molecule has 1 N–H and O–H groups in total. The van der Waals surface area contributed by atoms with Crippen molar-refractivity contribution >= 4 is 5.91 Å². The van der Waals surface area contributed by atoms with Crippen LogP contribution in [-0.2, 0) is 9.53 Å². The fourth-order valence-corrected chi connectivity index (χ4v) is 0.703. The number of rotatable bonds is 4. The van der Waals surface area contributed by atoms with Gasteiger partial charge in [0.15, 0.2) is 0 Å². The minimum absolute atomic E-state index is 0.0358. The van der Waals surface area contributed by atoms with Crippen LogP contribution in [0.15, 0.2) is 0 Å². The van der Waals surface area contributed by atoms with E-state index in [0.29, 0.717) is 6.42 Å². The molecule has 1 unspecified atom stereocenters. The molecule has 0 fully saturated rings. The summed E-state index contributed by atoms with van der Waals surface area (Å²) >= 11 is 0. The highest BCUT2D eigenvalue weighted by Gasteiger charge is 2.08. The highest BCUT2D eigenvalue weighted by atomic mass is 16.5. The van der Waals surface area contributed by atoms with Crippen molar-refractivity contribution in [3.05, 3.63) is 0 Å². The van der Waals surface area contributed by atoms with Gasteiger partial charge in [-0.2, -0.15) is 0 Å². The van der Waals surface area contributed by atoms with Crippen LogP contribution in [-0.4, -0.2) is 26.2 Å². The van der Waals surface area contributed by atoms with E-state index < -0.39 is 0 Å². The van der Waals surface area contributed by atoms with Gasteiger partial charge < -0.3 is 10.1 Å². The molecule has 1 atom stereocenters. The van der Waals surface area contributed by atoms with Crippen molar-refractivity contribution < 1.29 is 9.53 Å². The van der Waals surface area contributed by atoms with Crippen LogP contribution in [0.5, 0.6) is 0 Å². The molecule has 0 aromatic heterocycles. The third-order valence-corrected chi connectivity index (χ3v) is 1.48. The molecule has 0 aliphatic carbocycles. The number of carbonyl (C=O) groups excluding carboxylic acids is 1. The first-order valence-corrected chi connectivity index (χ1v) is 3.48. The monoisotopic (exact) mass is 145 g/mol. The van der Waals surface area contributed by atoms with Crippen molar-refractivity contribution in [2.24, 2.45) is 0 Å². The third-order valence-electron chi connectivity index (χ3n) is 1.48. The molecule has 0 aromatic rings. The Morgan fingerprint density at radius 3 is 2.60 bits per heavy atom. The van der Waals surface area contributed by atoms with Gasteiger partial charge >= 0.3 is 0 Å². The smallest absolute Gasteiger partial charge is 0.222 e. The van der Waals surface area contributed by atoms with Crippen molar-refractivity contribution in [3.63, 3.8) is 0 Å². The number of amides is 1. The Labute approximate surface area is 61.8 Å². The molecule has 10 heavy (non-hydrogen) atoms. The lowest BCUT2D eigenvalue weighted by molar-refractivity contribution is -0.123. The molecule has 3 nitrogen and oxygen atoms in total. The largest absolute Gasteiger partial charge is 0.381 e. The summed E-state index contributed by atoms with van der Waals surface area (Å²) in [6, 6.07) is 0. The van der Waals surface area contributed by atoms with E-state index >= 15 is 0 Å². The third kappa shape index (κ3) is 3.45. The topological polar surface area (TPSA) is 38.3 Å². The summed E-state index contributed by atoms with van der Waals surface area (Å²) in [5, 5.41) is 2.55.